The molecule has 0 saturated heterocycles. The first-order valence-corrected chi connectivity index (χ1v) is 20.3. The number of nitrogens with one attached hydrogen (secondary N) is 1. The minimum atomic E-state index is -1.07. The molecule has 1 atom stereocenters. The minimum Gasteiger partial charge on any atom is -0.438 e. The predicted octanol–water partition coefficient (Wildman–Crippen LogP) is 12.2. The quantitative estimate of drug-likeness (QED) is 0.0407. The number of esters is 1. The van der Waals surface area contributed by atoms with Crippen LogP contribution < -0.4 is 11.1 Å². The molecular weight excluding hydrogens is 556 g/mol. The van der Waals surface area contributed by atoms with E-state index in [9.17, 15) is 9.59 Å². The summed E-state index contributed by atoms with van der Waals surface area (Å²) < 4.78 is 5.76. The molecule has 3 N–H and O–H groups in total. The summed E-state index contributed by atoms with van der Waals surface area (Å²) in [6.07, 6.45) is 40.5. The van der Waals surface area contributed by atoms with Gasteiger partial charge in [0.1, 0.15) is 0 Å². The van der Waals surface area contributed by atoms with Gasteiger partial charge in [-0.2, -0.15) is 0 Å². The van der Waals surface area contributed by atoms with Gasteiger partial charge < -0.3 is 15.8 Å². The van der Waals surface area contributed by atoms with E-state index < -0.39 is 5.72 Å². The molecule has 1 amide bonds. The molecule has 0 aromatic carbocycles. The van der Waals surface area contributed by atoms with Crippen molar-refractivity contribution in [3.05, 3.63) is 0 Å². The highest BCUT2D eigenvalue weighted by Gasteiger charge is 2.32. The summed E-state index contributed by atoms with van der Waals surface area (Å²) in [5.41, 5.74) is 4.92. The molecule has 268 valence electrons. The lowest BCUT2D eigenvalue weighted by atomic mass is 10.0. The van der Waals surface area contributed by atoms with Crippen LogP contribution in [0.1, 0.15) is 233 Å². The number of carbonyl (C=O) groups excluding carboxylic acids is 2. The Morgan fingerprint density at radius 2 is 0.756 bits per heavy atom. The van der Waals surface area contributed by atoms with E-state index >= 15 is 0 Å². The van der Waals surface area contributed by atoms with Gasteiger partial charge in [-0.1, -0.05) is 201 Å². The van der Waals surface area contributed by atoms with E-state index in [4.69, 9.17) is 10.5 Å². The summed E-state index contributed by atoms with van der Waals surface area (Å²) in [5.74, 6) is -0.305. The summed E-state index contributed by atoms with van der Waals surface area (Å²) >= 11 is 0. The Balaban J connectivity index is 3.76. The van der Waals surface area contributed by atoms with E-state index in [1.807, 2.05) is 6.92 Å². The number of ether oxygens (including phenoxy) is 1. The van der Waals surface area contributed by atoms with Crippen LogP contribution in [0.4, 0.5) is 0 Å². The molecule has 0 spiro atoms. The number of nitrogens with two attached hydrogens (primary N) is 1. The average Bonchev–Trinajstić information content (AvgIpc) is 3.04. The van der Waals surface area contributed by atoms with Gasteiger partial charge in [0.25, 0.3) is 0 Å². The van der Waals surface area contributed by atoms with Crippen LogP contribution in [0.15, 0.2) is 0 Å². The molecule has 0 fully saturated rings. The van der Waals surface area contributed by atoms with Crippen LogP contribution in [0.2, 0.25) is 0 Å². The second kappa shape index (κ2) is 34.2. The largest absolute Gasteiger partial charge is 0.438 e. The molecule has 0 aliphatic carbocycles. The van der Waals surface area contributed by atoms with Crippen molar-refractivity contribution < 1.29 is 14.3 Å². The fraction of sp³-hybridized carbons (Fsp3) is 0.950. The number of amides is 1. The van der Waals surface area contributed by atoms with Crippen molar-refractivity contribution in [1.82, 2.24) is 5.32 Å². The lowest BCUT2D eigenvalue weighted by Crippen LogP contribution is -2.56. The maximum absolute atomic E-state index is 12.6. The van der Waals surface area contributed by atoms with Gasteiger partial charge in [0.15, 0.2) is 5.72 Å². The van der Waals surface area contributed by atoms with Gasteiger partial charge in [-0.3, -0.25) is 9.59 Å². The highest BCUT2D eigenvalue weighted by Crippen LogP contribution is 2.18. The van der Waals surface area contributed by atoms with Gasteiger partial charge in [0.05, 0.1) is 6.54 Å². The molecule has 0 aromatic heterocycles. The predicted molar refractivity (Wildman–Crippen MR) is 195 cm³/mol. The second-order valence-electron chi connectivity index (χ2n) is 14.0. The number of unbranched alkanes of at least 4 members (excludes halogenated alkanes) is 28. The van der Waals surface area contributed by atoms with Crippen LogP contribution in [0.5, 0.6) is 0 Å². The van der Waals surface area contributed by atoms with Crippen molar-refractivity contribution in [2.75, 3.05) is 6.54 Å². The van der Waals surface area contributed by atoms with Gasteiger partial charge >= 0.3 is 5.97 Å². The van der Waals surface area contributed by atoms with Crippen LogP contribution in [0.3, 0.4) is 0 Å². The molecule has 0 aliphatic rings. The zero-order valence-corrected chi connectivity index (χ0v) is 30.8. The summed E-state index contributed by atoms with van der Waals surface area (Å²) in [6.45, 7) is 6.58. The fourth-order valence-electron chi connectivity index (χ4n) is 6.31. The normalized spacial score (nSPS) is 12.7. The lowest BCUT2D eigenvalue weighted by Gasteiger charge is -2.32. The van der Waals surface area contributed by atoms with Crippen molar-refractivity contribution in [2.24, 2.45) is 5.73 Å². The minimum absolute atomic E-state index is 0.0585. The van der Waals surface area contributed by atoms with E-state index in [-0.39, 0.29) is 18.4 Å². The van der Waals surface area contributed by atoms with E-state index in [2.05, 4.69) is 19.2 Å². The first-order chi connectivity index (χ1) is 22.0. The van der Waals surface area contributed by atoms with Gasteiger partial charge in [-0.15, -0.1) is 0 Å². The molecule has 0 bridgehead atoms. The number of carbonyl (C=O) groups is 2. The summed E-state index contributed by atoms with van der Waals surface area (Å²) in [7, 11) is 0. The van der Waals surface area contributed by atoms with Gasteiger partial charge in [-0.05, 0) is 12.8 Å². The van der Waals surface area contributed by atoms with Crippen molar-refractivity contribution in [1.29, 1.82) is 0 Å². The second-order valence-corrected chi connectivity index (χ2v) is 14.0. The zero-order valence-electron chi connectivity index (χ0n) is 30.8. The van der Waals surface area contributed by atoms with Crippen LogP contribution in [0, 0.1) is 0 Å². The molecule has 0 aliphatic heterocycles. The van der Waals surface area contributed by atoms with Crippen molar-refractivity contribution in [3.63, 3.8) is 0 Å². The first-order valence-electron chi connectivity index (χ1n) is 20.3. The molecule has 1 unspecified atom stereocenters. The van der Waals surface area contributed by atoms with Gasteiger partial charge in [-0.25, -0.2) is 0 Å². The highest BCUT2D eigenvalue weighted by molar-refractivity contribution is 5.77. The first kappa shape index (κ1) is 43.9. The summed E-state index contributed by atoms with van der Waals surface area (Å²) in [6, 6.07) is 0. The third kappa shape index (κ3) is 30.0. The SMILES string of the molecule is CCCCCCCCCCCCCCCCCC(=O)NC(CC)(CN)OC(=O)CCCCCCCCCCCCCCCCC. The average molecular weight is 637 g/mol. The Hall–Kier alpha value is -1.10. The number of rotatable bonds is 36. The third-order valence-electron chi connectivity index (χ3n) is 9.57. The third-order valence-corrected chi connectivity index (χ3v) is 9.57. The van der Waals surface area contributed by atoms with Crippen LogP contribution in [-0.4, -0.2) is 24.1 Å². The van der Waals surface area contributed by atoms with Crippen molar-refractivity contribution >= 4 is 11.9 Å². The monoisotopic (exact) mass is 637 g/mol. The Bertz CT molecular complexity index is 585. The van der Waals surface area contributed by atoms with E-state index in [1.54, 1.807) is 0 Å². The Morgan fingerprint density at radius 1 is 0.467 bits per heavy atom. The van der Waals surface area contributed by atoms with E-state index in [1.165, 1.54) is 167 Å². The van der Waals surface area contributed by atoms with Crippen LogP contribution in [0.25, 0.3) is 0 Å². The molecule has 0 heterocycles. The van der Waals surface area contributed by atoms with E-state index in [0.717, 1.165) is 25.7 Å². The summed E-state index contributed by atoms with van der Waals surface area (Å²) in [5, 5.41) is 2.96. The van der Waals surface area contributed by atoms with Gasteiger partial charge in [0, 0.05) is 19.3 Å². The molecule has 45 heavy (non-hydrogen) atoms. The Kier molecular flexibility index (Phi) is 33.4. The van der Waals surface area contributed by atoms with Crippen LogP contribution in [-0.2, 0) is 14.3 Å². The molecule has 0 radical (unpaired) electrons. The molecule has 5 nitrogen and oxygen atoms in total. The van der Waals surface area contributed by atoms with Gasteiger partial charge in [0.2, 0.25) is 5.91 Å². The van der Waals surface area contributed by atoms with Crippen molar-refractivity contribution in [2.45, 2.75) is 238 Å². The maximum Gasteiger partial charge on any atom is 0.307 e. The Labute approximate surface area is 281 Å². The van der Waals surface area contributed by atoms with Crippen molar-refractivity contribution in [3.8, 4) is 0 Å². The lowest BCUT2D eigenvalue weighted by molar-refractivity contribution is -0.165. The summed E-state index contributed by atoms with van der Waals surface area (Å²) in [4.78, 5) is 25.2. The fourth-order valence-corrected chi connectivity index (χ4v) is 6.31. The highest BCUT2D eigenvalue weighted by atomic mass is 16.6. The molecule has 0 saturated carbocycles. The molecular formula is C40H80N2O3. The number of hydrogen-bond donors (Lipinski definition) is 2. The Morgan fingerprint density at radius 3 is 1.04 bits per heavy atom. The van der Waals surface area contributed by atoms with E-state index in [0.29, 0.717) is 19.3 Å². The van der Waals surface area contributed by atoms with Crippen LogP contribution >= 0.6 is 0 Å². The molecule has 5 heteroatoms. The zero-order chi connectivity index (χ0) is 33.1. The number of hydrogen-bond acceptors (Lipinski definition) is 4. The molecule has 0 rings (SSSR count). The topological polar surface area (TPSA) is 81.4 Å². The smallest absolute Gasteiger partial charge is 0.307 e. The maximum atomic E-state index is 12.6. The standard InChI is InChI=1S/C40H80N2O3/c1-4-7-9-11-13-15-17-19-21-23-25-27-29-31-33-35-38(43)42-40(6-3,37-41)45-39(44)36-34-32-30-28-26-24-22-20-18-16-14-12-10-8-5-2/h4-37,41H2,1-3H3,(H,42,43). The molecule has 0 aromatic rings.